The molecular formula is C9H17NOS. The van der Waals surface area contributed by atoms with Gasteiger partial charge in [-0.2, -0.15) is 11.8 Å². The summed E-state index contributed by atoms with van der Waals surface area (Å²) in [4.78, 5) is 0. The predicted molar refractivity (Wildman–Crippen MR) is 52.7 cm³/mol. The molecule has 0 aromatic carbocycles. The minimum absolute atomic E-state index is 0.791. The van der Waals surface area contributed by atoms with Crippen LogP contribution in [0.5, 0.6) is 0 Å². The lowest BCUT2D eigenvalue weighted by molar-refractivity contribution is 0.101. The fraction of sp³-hybridized carbons (Fsp3) is 1.00. The maximum absolute atomic E-state index is 5.43. The minimum Gasteiger partial charge on any atom is -0.380 e. The van der Waals surface area contributed by atoms with Crippen LogP contribution in [0.1, 0.15) is 12.8 Å². The zero-order valence-electron chi connectivity index (χ0n) is 7.42. The van der Waals surface area contributed by atoms with Crippen molar-refractivity contribution in [2.75, 3.05) is 32.1 Å². The predicted octanol–water partition coefficient (Wildman–Crippen LogP) is 1.12. The number of rotatable bonds is 3. The van der Waals surface area contributed by atoms with Crippen LogP contribution in [0, 0.1) is 5.92 Å². The molecule has 0 amide bonds. The molecule has 1 N–H and O–H groups in total. The molecule has 2 saturated heterocycles. The van der Waals surface area contributed by atoms with E-state index < -0.39 is 0 Å². The summed E-state index contributed by atoms with van der Waals surface area (Å²) in [5.41, 5.74) is 0. The van der Waals surface area contributed by atoms with Gasteiger partial charge in [0.2, 0.25) is 0 Å². The summed E-state index contributed by atoms with van der Waals surface area (Å²) in [5, 5.41) is 4.10. The van der Waals surface area contributed by atoms with E-state index in [2.05, 4.69) is 17.1 Å². The lowest BCUT2D eigenvalue weighted by atomic mass is 10.1. The van der Waals surface area contributed by atoms with Gasteiger partial charge in [-0.25, -0.2) is 0 Å². The second-order valence-electron chi connectivity index (χ2n) is 3.70. The highest BCUT2D eigenvalue weighted by Crippen LogP contribution is 2.23. The topological polar surface area (TPSA) is 21.3 Å². The van der Waals surface area contributed by atoms with Crippen LogP contribution in [0.3, 0.4) is 0 Å². The summed E-state index contributed by atoms with van der Waals surface area (Å²) < 4.78 is 5.43. The molecule has 2 aliphatic heterocycles. The van der Waals surface area contributed by atoms with Crippen LogP contribution in [0.2, 0.25) is 0 Å². The number of hydrogen-bond acceptors (Lipinski definition) is 3. The first-order valence-electron chi connectivity index (χ1n) is 4.85. The van der Waals surface area contributed by atoms with Crippen LogP contribution in [-0.2, 0) is 4.74 Å². The lowest BCUT2D eigenvalue weighted by Gasteiger charge is -2.29. The zero-order valence-corrected chi connectivity index (χ0v) is 8.24. The van der Waals surface area contributed by atoms with Crippen molar-refractivity contribution in [3.05, 3.63) is 0 Å². The molecule has 12 heavy (non-hydrogen) atoms. The van der Waals surface area contributed by atoms with Gasteiger partial charge in [0.25, 0.3) is 0 Å². The smallest absolute Gasteiger partial charge is 0.0585 e. The fourth-order valence-electron chi connectivity index (χ4n) is 1.58. The Morgan fingerprint density at radius 1 is 1.42 bits per heavy atom. The Labute approximate surface area is 78.4 Å². The summed E-state index contributed by atoms with van der Waals surface area (Å²) in [6.07, 6.45) is 2.63. The van der Waals surface area contributed by atoms with Gasteiger partial charge in [0.05, 0.1) is 6.61 Å². The molecule has 0 bridgehead atoms. The largest absolute Gasteiger partial charge is 0.380 e. The molecule has 70 valence electrons. The summed E-state index contributed by atoms with van der Waals surface area (Å²) >= 11 is 2.12. The van der Waals surface area contributed by atoms with E-state index in [0.717, 1.165) is 24.4 Å². The Kier molecular flexibility index (Phi) is 3.31. The Morgan fingerprint density at radius 3 is 2.92 bits per heavy atom. The van der Waals surface area contributed by atoms with Gasteiger partial charge >= 0.3 is 0 Å². The van der Waals surface area contributed by atoms with E-state index >= 15 is 0 Å². The van der Waals surface area contributed by atoms with Crippen molar-refractivity contribution in [1.29, 1.82) is 0 Å². The third kappa shape index (κ3) is 2.38. The normalized spacial score (nSPS) is 31.5. The van der Waals surface area contributed by atoms with Crippen LogP contribution in [0.15, 0.2) is 0 Å². The first-order valence-corrected chi connectivity index (χ1v) is 5.90. The highest BCUT2D eigenvalue weighted by atomic mass is 32.2. The third-order valence-electron chi connectivity index (χ3n) is 2.55. The van der Waals surface area contributed by atoms with Gasteiger partial charge in [-0.15, -0.1) is 0 Å². The SMILES string of the molecule is C1COCC(SCC2CNC2)C1. The maximum atomic E-state index is 5.43. The van der Waals surface area contributed by atoms with Gasteiger partial charge in [0.15, 0.2) is 0 Å². The zero-order chi connectivity index (χ0) is 8.23. The summed E-state index contributed by atoms with van der Waals surface area (Å²) in [6.45, 7) is 4.45. The molecular weight excluding hydrogens is 170 g/mol. The second kappa shape index (κ2) is 4.49. The van der Waals surface area contributed by atoms with E-state index in [0.29, 0.717) is 0 Å². The van der Waals surface area contributed by atoms with Crippen LogP contribution in [-0.4, -0.2) is 37.3 Å². The molecule has 2 rings (SSSR count). The van der Waals surface area contributed by atoms with Gasteiger partial charge < -0.3 is 10.1 Å². The molecule has 0 aliphatic carbocycles. The monoisotopic (exact) mass is 187 g/mol. The summed E-state index contributed by atoms with van der Waals surface area (Å²) in [6, 6.07) is 0. The molecule has 1 atom stereocenters. The van der Waals surface area contributed by atoms with Gasteiger partial charge in [0, 0.05) is 11.9 Å². The third-order valence-corrected chi connectivity index (χ3v) is 4.06. The first-order chi connectivity index (χ1) is 5.95. The van der Waals surface area contributed by atoms with Crippen molar-refractivity contribution < 1.29 is 4.74 Å². The first kappa shape index (κ1) is 8.85. The molecule has 0 aromatic heterocycles. The Morgan fingerprint density at radius 2 is 2.33 bits per heavy atom. The standard InChI is InChI=1S/C9H17NOS/c1-2-9(6-11-3-1)12-7-8-4-10-5-8/h8-10H,1-7H2. The van der Waals surface area contributed by atoms with E-state index in [-0.39, 0.29) is 0 Å². The van der Waals surface area contributed by atoms with Crippen molar-refractivity contribution >= 4 is 11.8 Å². The van der Waals surface area contributed by atoms with Crippen molar-refractivity contribution in [1.82, 2.24) is 5.32 Å². The van der Waals surface area contributed by atoms with E-state index in [1.54, 1.807) is 0 Å². The van der Waals surface area contributed by atoms with Crippen LogP contribution >= 0.6 is 11.8 Å². The fourth-order valence-corrected chi connectivity index (χ4v) is 2.89. The Hall–Kier alpha value is 0.270. The van der Waals surface area contributed by atoms with Crippen LogP contribution in [0.25, 0.3) is 0 Å². The van der Waals surface area contributed by atoms with E-state index in [1.807, 2.05) is 0 Å². The van der Waals surface area contributed by atoms with Crippen LogP contribution < -0.4 is 5.32 Å². The maximum Gasteiger partial charge on any atom is 0.0585 e. The molecule has 0 aromatic rings. The van der Waals surface area contributed by atoms with E-state index in [4.69, 9.17) is 4.74 Å². The molecule has 2 aliphatic rings. The molecule has 2 heterocycles. The number of nitrogens with one attached hydrogen (secondary N) is 1. The molecule has 3 heteroatoms. The number of hydrogen-bond donors (Lipinski definition) is 1. The van der Waals surface area contributed by atoms with Gasteiger partial charge in [-0.1, -0.05) is 0 Å². The van der Waals surface area contributed by atoms with E-state index in [9.17, 15) is 0 Å². The summed E-state index contributed by atoms with van der Waals surface area (Å²) in [7, 11) is 0. The van der Waals surface area contributed by atoms with Gasteiger partial charge in [0.1, 0.15) is 0 Å². The molecule has 2 nitrogen and oxygen atoms in total. The number of ether oxygens (including phenoxy) is 1. The van der Waals surface area contributed by atoms with Crippen molar-refractivity contribution in [3.8, 4) is 0 Å². The van der Waals surface area contributed by atoms with Gasteiger partial charge in [-0.3, -0.25) is 0 Å². The van der Waals surface area contributed by atoms with Crippen molar-refractivity contribution in [2.24, 2.45) is 5.92 Å². The molecule has 0 saturated carbocycles. The van der Waals surface area contributed by atoms with Crippen molar-refractivity contribution in [2.45, 2.75) is 18.1 Å². The Balaban J connectivity index is 1.58. The lowest BCUT2D eigenvalue weighted by Crippen LogP contribution is -2.43. The quantitative estimate of drug-likeness (QED) is 0.715. The molecule has 2 fully saturated rings. The molecule has 1 unspecified atom stereocenters. The Bertz CT molecular complexity index is 132. The highest BCUT2D eigenvalue weighted by Gasteiger charge is 2.20. The van der Waals surface area contributed by atoms with Gasteiger partial charge in [-0.05, 0) is 37.6 Å². The highest BCUT2D eigenvalue weighted by molar-refractivity contribution is 7.99. The van der Waals surface area contributed by atoms with Crippen LogP contribution in [0.4, 0.5) is 0 Å². The number of thioether (sulfide) groups is 1. The minimum atomic E-state index is 0.791. The van der Waals surface area contributed by atoms with Crippen molar-refractivity contribution in [3.63, 3.8) is 0 Å². The average Bonchev–Trinajstić information content (AvgIpc) is 2.04. The average molecular weight is 187 g/mol. The molecule has 0 spiro atoms. The summed E-state index contributed by atoms with van der Waals surface area (Å²) in [5.74, 6) is 2.28. The second-order valence-corrected chi connectivity index (χ2v) is 5.03. The molecule has 0 radical (unpaired) electrons. The van der Waals surface area contributed by atoms with E-state index in [1.165, 1.54) is 31.7 Å².